The van der Waals surface area contributed by atoms with E-state index in [4.69, 9.17) is 0 Å². The molecule has 3 aromatic rings. The summed E-state index contributed by atoms with van der Waals surface area (Å²) in [6.45, 7) is 3.13. The third kappa shape index (κ3) is 4.02. The lowest BCUT2D eigenvalue weighted by Gasteiger charge is -2.13. The molecule has 0 amide bonds. The third-order valence-corrected chi connectivity index (χ3v) is 5.71. The van der Waals surface area contributed by atoms with Crippen molar-refractivity contribution >= 4 is 26.6 Å². The standard InChI is InChI=1S/C19H17F4N3O3S/c1-3-6-26-14-5-4-12(7-11(14)8-24-19(26)27)25-30(28,29)9-13-17(22)15(20)10(2)16(21)18(13)23/h4-5,7-8,25H,3,6,9H2,1-2H3. The molecule has 30 heavy (non-hydrogen) atoms. The van der Waals surface area contributed by atoms with Gasteiger partial charge in [0.2, 0.25) is 10.0 Å². The minimum absolute atomic E-state index is 0.0277. The molecule has 3 rings (SSSR count). The molecule has 1 aromatic heterocycles. The number of hydrogen-bond donors (Lipinski definition) is 1. The van der Waals surface area contributed by atoms with Gasteiger partial charge < -0.3 is 0 Å². The van der Waals surface area contributed by atoms with Crippen molar-refractivity contribution in [3.8, 4) is 0 Å². The highest BCUT2D eigenvalue weighted by molar-refractivity contribution is 7.91. The van der Waals surface area contributed by atoms with Gasteiger partial charge in [0.25, 0.3) is 0 Å². The molecule has 0 fully saturated rings. The van der Waals surface area contributed by atoms with Crippen LogP contribution in [0.5, 0.6) is 0 Å². The lowest BCUT2D eigenvalue weighted by Crippen LogP contribution is -2.23. The highest BCUT2D eigenvalue weighted by atomic mass is 32.2. The van der Waals surface area contributed by atoms with E-state index in [1.54, 1.807) is 0 Å². The summed E-state index contributed by atoms with van der Waals surface area (Å²) in [5.74, 6) is -8.13. The number of anilines is 1. The number of sulfonamides is 1. The summed E-state index contributed by atoms with van der Waals surface area (Å²) < 4.78 is 83.8. The molecule has 0 saturated heterocycles. The lowest BCUT2D eigenvalue weighted by atomic mass is 10.1. The Bertz CT molecular complexity index is 1280. The molecular formula is C19H17F4N3O3S. The number of aryl methyl sites for hydroxylation is 1. The zero-order valence-corrected chi connectivity index (χ0v) is 16.8. The number of nitrogens with one attached hydrogen (secondary N) is 1. The topological polar surface area (TPSA) is 81.1 Å². The first-order valence-corrected chi connectivity index (χ1v) is 10.5. The molecule has 160 valence electrons. The van der Waals surface area contributed by atoms with Gasteiger partial charge in [-0.1, -0.05) is 6.92 Å². The summed E-state index contributed by atoms with van der Waals surface area (Å²) in [6, 6.07) is 4.24. The van der Waals surface area contributed by atoms with E-state index in [2.05, 4.69) is 9.71 Å². The molecule has 6 nitrogen and oxygen atoms in total. The fraction of sp³-hybridized carbons (Fsp3) is 0.263. The zero-order valence-electron chi connectivity index (χ0n) is 16.0. The molecule has 0 bridgehead atoms. The Kier molecular flexibility index (Phi) is 5.84. The summed E-state index contributed by atoms with van der Waals surface area (Å²) in [6.07, 6.45) is 1.95. The molecule has 0 saturated carbocycles. The van der Waals surface area contributed by atoms with Gasteiger partial charge in [-0.05, 0) is 31.5 Å². The van der Waals surface area contributed by atoms with Crippen molar-refractivity contribution in [3.05, 3.63) is 69.3 Å². The van der Waals surface area contributed by atoms with E-state index in [0.717, 1.165) is 6.92 Å². The van der Waals surface area contributed by atoms with Crippen molar-refractivity contribution in [3.63, 3.8) is 0 Å². The number of aromatic nitrogens is 2. The van der Waals surface area contributed by atoms with Gasteiger partial charge in [-0.25, -0.2) is 35.8 Å². The number of rotatable bonds is 6. The van der Waals surface area contributed by atoms with Gasteiger partial charge in [0.05, 0.1) is 5.52 Å². The smallest absolute Gasteiger partial charge is 0.292 e. The highest BCUT2D eigenvalue weighted by Gasteiger charge is 2.27. The molecule has 0 aliphatic heterocycles. The molecule has 0 radical (unpaired) electrons. The number of benzene rings is 2. The Balaban J connectivity index is 1.96. The van der Waals surface area contributed by atoms with Crippen molar-refractivity contribution in [2.75, 3.05) is 4.72 Å². The summed E-state index contributed by atoms with van der Waals surface area (Å²) >= 11 is 0. The second-order valence-electron chi connectivity index (χ2n) is 6.69. The fourth-order valence-corrected chi connectivity index (χ4v) is 4.22. The van der Waals surface area contributed by atoms with Crippen LogP contribution in [-0.4, -0.2) is 18.0 Å². The molecule has 0 atom stereocenters. The summed E-state index contributed by atoms with van der Waals surface area (Å²) in [7, 11) is -4.43. The zero-order chi connectivity index (χ0) is 22.2. The Morgan fingerprint density at radius 3 is 2.30 bits per heavy atom. The SMILES string of the molecule is CCCn1c(=O)ncc2cc(NS(=O)(=O)Cc3c(F)c(F)c(C)c(F)c3F)ccc21. The molecule has 0 unspecified atom stereocenters. The maximum Gasteiger partial charge on any atom is 0.348 e. The fourth-order valence-electron chi connectivity index (χ4n) is 3.02. The second kappa shape index (κ2) is 8.05. The third-order valence-electron chi connectivity index (χ3n) is 4.49. The van der Waals surface area contributed by atoms with Crippen LogP contribution in [0.2, 0.25) is 0 Å². The largest absolute Gasteiger partial charge is 0.348 e. The van der Waals surface area contributed by atoms with E-state index >= 15 is 0 Å². The summed E-state index contributed by atoms with van der Waals surface area (Å²) in [5.41, 5.74) is -2.01. The monoisotopic (exact) mass is 443 g/mol. The Morgan fingerprint density at radius 1 is 1.07 bits per heavy atom. The molecule has 1 N–H and O–H groups in total. The van der Waals surface area contributed by atoms with Crippen LogP contribution >= 0.6 is 0 Å². The number of hydrogen-bond acceptors (Lipinski definition) is 4. The van der Waals surface area contributed by atoms with E-state index in [9.17, 15) is 30.8 Å². The van der Waals surface area contributed by atoms with Crippen molar-refractivity contribution < 1.29 is 26.0 Å². The van der Waals surface area contributed by atoms with Crippen LogP contribution in [0.4, 0.5) is 23.2 Å². The van der Waals surface area contributed by atoms with Crippen molar-refractivity contribution in [1.29, 1.82) is 0 Å². The van der Waals surface area contributed by atoms with Crippen LogP contribution in [0.25, 0.3) is 10.9 Å². The number of nitrogens with zero attached hydrogens (tertiary/aromatic N) is 2. The normalized spacial score (nSPS) is 11.8. The predicted molar refractivity (Wildman–Crippen MR) is 104 cm³/mol. The van der Waals surface area contributed by atoms with E-state index in [-0.39, 0.29) is 5.69 Å². The first-order valence-electron chi connectivity index (χ1n) is 8.87. The first-order chi connectivity index (χ1) is 14.1. The van der Waals surface area contributed by atoms with Crippen LogP contribution in [0.1, 0.15) is 24.5 Å². The van der Waals surface area contributed by atoms with Crippen LogP contribution < -0.4 is 10.4 Å². The second-order valence-corrected chi connectivity index (χ2v) is 8.41. The maximum atomic E-state index is 14.0. The molecule has 0 aliphatic rings. The van der Waals surface area contributed by atoms with E-state index in [0.29, 0.717) is 23.9 Å². The molecule has 11 heteroatoms. The van der Waals surface area contributed by atoms with Crippen LogP contribution in [0, 0.1) is 30.2 Å². The van der Waals surface area contributed by atoms with Crippen LogP contribution in [-0.2, 0) is 22.3 Å². The summed E-state index contributed by atoms with van der Waals surface area (Å²) in [5, 5.41) is 0.452. The molecule has 0 aliphatic carbocycles. The van der Waals surface area contributed by atoms with E-state index in [1.807, 2.05) is 6.92 Å². The van der Waals surface area contributed by atoms with Gasteiger partial charge in [-0.2, -0.15) is 0 Å². The van der Waals surface area contributed by atoms with Gasteiger partial charge in [0.1, 0.15) is 5.75 Å². The molecular weight excluding hydrogens is 426 g/mol. The first kappa shape index (κ1) is 21.8. The quantitative estimate of drug-likeness (QED) is 0.466. The summed E-state index contributed by atoms with van der Waals surface area (Å²) in [4.78, 5) is 15.6. The van der Waals surface area contributed by atoms with Gasteiger partial charge >= 0.3 is 5.69 Å². The van der Waals surface area contributed by atoms with Crippen LogP contribution in [0.15, 0.2) is 29.2 Å². The average Bonchev–Trinajstić information content (AvgIpc) is 2.70. The van der Waals surface area contributed by atoms with Crippen LogP contribution in [0.3, 0.4) is 0 Å². The van der Waals surface area contributed by atoms with Gasteiger partial charge in [0.15, 0.2) is 23.3 Å². The molecule has 1 heterocycles. The lowest BCUT2D eigenvalue weighted by molar-refractivity contribution is 0.434. The van der Waals surface area contributed by atoms with Crippen molar-refractivity contribution in [1.82, 2.24) is 9.55 Å². The molecule has 2 aromatic carbocycles. The number of fused-ring (bicyclic) bond motifs is 1. The number of halogens is 4. The predicted octanol–water partition coefficient (Wildman–Crippen LogP) is 3.61. The maximum absolute atomic E-state index is 14.0. The van der Waals surface area contributed by atoms with E-state index in [1.165, 1.54) is 29.0 Å². The molecule has 0 spiro atoms. The average molecular weight is 443 g/mol. The highest BCUT2D eigenvalue weighted by Crippen LogP contribution is 2.26. The Morgan fingerprint density at radius 2 is 1.70 bits per heavy atom. The van der Waals surface area contributed by atoms with E-state index < -0.39 is 55.9 Å². The minimum atomic E-state index is -4.43. The van der Waals surface area contributed by atoms with Crippen molar-refractivity contribution in [2.45, 2.75) is 32.6 Å². The van der Waals surface area contributed by atoms with Gasteiger partial charge in [-0.15, -0.1) is 0 Å². The Hall–Kier alpha value is -2.95. The van der Waals surface area contributed by atoms with Crippen molar-refractivity contribution in [2.24, 2.45) is 0 Å². The Labute approximate surface area is 169 Å². The van der Waals surface area contributed by atoms with Gasteiger partial charge in [0, 0.05) is 34.9 Å². The minimum Gasteiger partial charge on any atom is -0.292 e. The van der Waals surface area contributed by atoms with Gasteiger partial charge in [-0.3, -0.25) is 9.29 Å².